The second-order valence-electron chi connectivity index (χ2n) is 4.91. The van der Waals surface area contributed by atoms with E-state index in [2.05, 4.69) is 16.4 Å². The molecule has 0 atom stereocenters. The van der Waals surface area contributed by atoms with Crippen molar-refractivity contribution in [1.82, 2.24) is 4.98 Å². The maximum absolute atomic E-state index is 5.42. The Bertz CT molecular complexity index is 817. The molecule has 120 valence electrons. The van der Waals surface area contributed by atoms with Gasteiger partial charge in [0.1, 0.15) is 5.75 Å². The van der Waals surface area contributed by atoms with Gasteiger partial charge in [-0.05, 0) is 23.1 Å². The number of methoxy groups -OCH3 is 3. The first-order chi connectivity index (χ1) is 11.2. The Morgan fingerprint density at radius 2 is 1.74 bits per heavy atom. The lowest BCUT2D eigenvalue weighted by Gasteiger charge is -2.15. The molecule has 0 saturated carbocycles. The van der Waals surface area contributed by atoms with E-state index < -0.39 is 0 Å². The summed E-state index contributed by atoms with van der Waals surface area (Å²) < 4.78 is 17.2. The fourth-order valence-electron chi connectivity index (χ4n) is 2.35. The number of aromatic nitrogens is 1. The molecule has 0 bridgehead atoms. The molecule has 2 aromatic heterocycles. The van der Waals surface area contributed by atoms with Gasteiger partial charge in [-0.2, -0.15) is 0 Å². The zero-order valence-electron chi connectivity index (χ0n) is 13.3. The minimum absolute atomic E-state index is 0.636. The number of thiophene rings is 1. The highest BCUT2D eigenvalue weighted by molar-refractivity contribution is 7.17. The maximum atomic E-state index is 5.42. The standard InChI is InChI=1S/C17H18N2O3S/c1-20-14-8-16(22-3)15(21-2)7-13(14)19-10-11-6-17-12(18-9-11)4-5-23-17/h4-9,19H,10H2,1-3H3. The summed E-state index contributed by atoms with van der Waals surface area (Å²) in [5.74, 6) is 1.99. The maximum Gasteiger partial charge on any atom is 0.164 e. The number of nitrogens with zero attached hydrogens (tertiary/aromatic N) is 1. The second-order valence-corrected chi connectivity index (χ2v) is 5.86. The number of benzene rings is 1. The van der Waals surface area contributed by atoms with Crippen LogP contribution in [0.4, 0.5) is 5.69 Å². The van der Waals surface area contributed by atoms with Crippen LogP contribution in [0.2, 0.25) is 0 Å². The van der Waals surface area contributed by atoms with E-state index in [0.29, 0.717) is 23.8 Å². The largest absolute Gasteiger partial charge is 0.494 e. The summed E-state index contributed by atoms with van der Waals surface area (Å²) >= 11 is 1.69. The van der Waals surface area contributed by atoms with Crippen LogP contribution in [0.25, 0.3) is 10.2 Å². The predicted octanol–water partition coefficient (Wildman–Crippen LogP) is 3.93. The Morgan fingerprint density at radius 1 is 1.00 bits per heavy atom. The number of rotatable bonds is 6. The van der Waals surface area contributed by atoms with Crippen LogP contribution >= 0.6 is 11.3 Å². The Hall–Kier alpha value is -2.47. The van der Waals surface area contributed by atoms with Crippen LogP contribution in [0.15, 0.2) is 35.8 Å². The van der Waals surface area contributed by atoms with Gasteiger partial charge >= 0.3 is 0 Å². The number of fused-ring (bicyclic) bond motifs is 1. The molecule has 0 aliphatic heterocycles. The zero-order chi connectivity index (χ0) is 16.2. The van der Waals surface area contributed by atoms with Gasteiger partial charge < -0.3 is 19.5 Å². The summed E-state index contributed by atoms with van der Waals surface area (Å²) in [6.07, 6.45) is 1.88. The Balaban J connectivity index is 1.83. The topological polar surface area (TPSA) is 52.6 Å². The van der Waals surface area contributed by atoms with Gasteiger partial charge in [-0.1, -0.05) is 0 Å². The van der Waals surface area contributed by atoms with Crippen molar-refractivity contribution in [2.75, 3.05) is 26.6 Å². The quantitative estimate of drug-likeness (QED) is 0.742. The van der Waals surface area contributed by atoms with Crippen LogP contribution in [0.5, 0.6) is 17.2 Å². The molecule has 0 aliphatic rings. The van der Waals surface area contributed by atoms with Crippen molar-refractivity contribution in [3.8, 4) is 17.2 Å². The van der Waals surface area contributed by atoms with Crippen molar-refractivity contribution in [3.63, 3.8) is 0 Å². The van der Waals surface area contributed by atoms with Crippen LogP contribution in [0.1, 0.15) is 5.56 Å². The monoisotopic (exact) mass is 330 g/mol. The molecule has 0 saturated heterocycles. The van der Waals surface area contributed by atoms with Crippen molar-refractivity contribution in [2.24, 2.45) is 0 Å². The second kappa shape index (κ2) is 6.75. The highest BCUT2D eigenvalue weighted by Gasteiger charge is 2.11. The third-order valence-corrected chi connectivity index (χ3v) is 4.40. The van der Waals surface area contributed by atoms with E-state index in [9.17, 15) is 0 Å². The molecule has 0 unspecified atom stereocenters. The lowest BCUT2D eigenvalue weighted by atomic mass is 10.2. The van der Waals surface area contributed by atoms with E-state index in [4.69, 9.17) is 14.2 Å². The summed E-state index contributed by atoms with van der Waals surface area (Å²) in [7, 11) is 4.85. The lowest BCUT2D eigenvalue weighted by molar-refractivity contribution is 0.349. The van der Waals surface area contributed by atoms with Gasteiger partial charge in [0.05, 0.1) is 37.2 Å². The molecule has 1 N–H and O–H groups in total. The van der Waals surface area contributed by atoms with Crippen LogP contribution < -0.4 is 19.5 Å². The SMILES string of the molecule is COc1cc(OC)c(OC)cc1NCc1cnc2ccsc2c1. The fraction of sp³-hybridized carbons (Fsp3) is 0.235. The number of anilines is 1. The van der Waals surface area contributed by atoms with Crippen molar-refractivity contribution in [1.29, 1.82) is 0 Å². The number of pyridine rings is 1. The number of hydrogen-bond acceptors (Lipinski definition) is 6. The van der Waals surface area contributed by atoms with E-state index >= 15 is 0 Å². The molecular weight excluding hydrogens is 312 g/mol. The summed E-state index contributed by atoms with van der Waals surface area (Å²) in [5, 5.41) is 5.42. The van der Waals surface area contributed by atoms with Gasteiger partial charge in [-0.3, -0.25) is 4.98 Å². The number of nitrogens with one attached hydrogen (secondary N) is 1. The third kappa shape index (κ3) is 3.17. The molecule has 23 heavy (non-hydrogen) atoms. The summed E-state index contributed by atoms with van der Waals surface area (Å²) in [6.45, 7) is 0.646. The lowest BCUT2D eigenvalue weighted by Crippen LogP contribution is -2.03. The van der Waals surface area contributed by atoms with Crippen LogP contribution in [0, 0.1) is 0 Å². The molecule has 5 nitrogen and oxygen atoms in total. The highest BCUT2D eigenvalue weighted by atomic mass is 32.1. The van der Waals surface area contributed by atoms with Crippen molar-refractivity contribution >= 4 is 27.2 Å². The van der Waals surface area contributed by atoms with E-state index in [1.807, 2.05) is 29.8 Å². The van der Waals surface area contributed by atoms with E-state index in [-0.39, 0.29) is 0 Å². The molecule has 0 fully saturated rings. The summed E-state index contributed by atoms with van der Waals surface area (Å²) in [4.78, 5) is 4.45. The van der Waals surface area contributed by atoms with E-state index in [0.717, 1.165) is 16.8 Å². The Labute approximate surface area is 138 Å². The van der Waals surface area contributed by atoms with Gasteiger partial charge in [0.15, 0.2) is 11.5 Å². The molecule has 1 aromatic carbocycles. The first kappa shape index (κ1) is 15.4. The van der Waals surface area contributed by atoms with Crippen LogP contribution in [-0.2, 0) is 6.54 Å². The molecule has 0 amide bonds. The molecule has 3 aromatic rings. The first-order valence-corrected chi connectivity index (χ1v) is 7.99. The van der Waals surface area contributed by atoms with E-state index in [1.165, 1.54) is 4.70 Å². The van der Waals surface area contributed by atoms with Gasteiger partial charge in [-0.15, -0.1) is 11.3 Å². The molecular formula is C17H18N2O3S. The average molecular weight is 330 g/mol. The molecule has 0 radical (unpaired) electrons. The summed E-state index contributed by atoms with van der Waals surface area (Å²) in [6, 6.07) is 7.85. The van der Waals surface area contributed by atoms with Gasteiger partial charge in [0.2, 0.25) is 0 Å². The average Bonchev–Trinajstić information content (AvgIpc) is 3.06. The van der Waals surface area contributed by atoms with Gasteiger partial charge in [-0.25, -0.2) is 0 Å². The first-order valence-electron chi connectivity index (χ1n) is 7.11. The molecule has 0 aliphatic carbocycles. The number of hydrogen-bond donors (Lipinski definition) is 1. The minimum atomic E-state index is 0.636. The third-order valence-electron chi connectivity index (χ3n) is 3.55. The molecule has 2 heterocycles. The zero-order valence-corrected chi connectivity index (χ0v) is 14.1. The van der Waals surface area contributed by atoms with Crippen molar-refractivity contribution in [3.05, 3.63) is 41.4 Å². The predicted molar refractivity (Wildman–Crippen MR) is 93.0 cm³/mol. The normalized spacial score (nSPS) is 10.6. The fourth-order valence-corrected chi connectivity index (χ4v) is 3.15. The van der Waals surface area contributed by atoms with Gasteiger partial charge in [0.25, 0.3) is 0 Å². The summed E-state index contributed by atoms with van der Waals surface area (Å²) in [5.41, 5.74) is 2.98. The number of ether oxygens (including phenoxy) is 3. The van der Waals surface area contributed by atoms with Gasteiger partial charge in [0, 0.05) is 24.9 Å². The highest BCUT2D eigenvalue weighted by Crippen LogP contribution is 2.38. The smallest absolute Gasteiger partial charge is 0.164 e. The van der Waals surface area contributed by atoms with Crippen LogP contribution in [0.3, 0.4) is 0 Å². The Kier molecular flexibility index (Phi) is 4.52. The molecule has 3 rings (SSSR count). The van der Waals surface area contributed by atoms with Crippen molar-refractivity contribution in [2.45, 2.75) is 6.54 Å². The minimum Gasteiger partial charge on any atom is -0.494 e. The van der Waals surface area contributed by atoms with Crippen molar-refractivity contribution < 1.29 is 14.2 Å². The van der Waals surface area contributed by atoms with E-state index in [1.54, 1.807) is 32.7 Å². The molecule has 0 spiro atoms. The van der Waals surface area contributed by atoms with Crippen LogP contribution in [-0.4, -0.2) is 26.3 Å². The molecule has 6 heteroatoms. The Morgan fingerprint density at radius 3 is 2.48 bits per heavy atom.